The second-order valence-electron chi connectivity index (χ2n) is 6.13. The first-order valence-electron chi connectivity index (χ1n) is 7.85. The predicted molar refractivity (Wildman–Crippen MR) is 86.6 cm³/mol. The molecule has 1 saturated heterocycles. The first kappa shape index (κ1) is 16.8. The van der Waals surface area contributed by atoms with E-state index in [0.29, 0.717) is 42.9 Å². The molecule has 23 heavy (non-hydrogen) atoms. The Morgan fingerprint density at radius 3 is 2.43 bits per heavy atom. The number of ether oxygens (including phenoxy) is 1. The van der Waals surface area contributed by atoms with Crippen molar-refractivity contribution in [2.45, 2.75) is 27.2 Å². The Bertz CT molecular complexity index is 652. The molecule has 1 aliphatic rings. The fourth-order valence-corrected chi connectivity index (χ4v) is 3.24. The van der Waals surface area contributed by atoms with E-state index in [2.05, 4.69) is 12.1 Å². The number of carbonyl (C=O) groups is 1. The molecule has 0 aromatic heterocycles. The Kier molecular flexibility index (Phi) is 4.91. The highest BCUT2D eigenvalue weighted by Gasteiger charge is 2.48. The van der Waals surface area contributed by atoms with Gasteiger partial charge < -0.3 is 9.64 Å². The molecule has 0 amide bonds. The van der Waals surface area contributed by atoms with Gasteiger partial charge in [-0.3, -0.25) is 4.79 Å². The van der Waals surface area contributed by atoms with Crippen LogP contribution in [0.4, 0.5) is 5.69 Å². The number of benzene rings is 1. The third-order valence-electron chi connectivity index (χ3n) is 4.68. The van der Waals surface area contributed by atoms with Crippen LogP contribution in [0, 0.1) is 34.0 Å². The topological polar surface area (TPSA) is 77.1 Å². The summed E-state index contributed by atoms with van der Waals surface area (Å²) in [5.41, 5.74) is 0.968. The third kappa shape index (κ3) is 2.87. The lowest BCUT2D eigenvalue weighted by Gasteiger charge is -2.31. The molecule has 0 bridgehead atoms. The number of hydrogen-bond donors (Lipinski definition) is 0. The standard InChI is InChI=1S/C18H21N3O2/c1-4-23-17(22)18(13(2)3)8-9-21(12-18)16-14(10-19)6-5-7-15(16)11-20/h5-7,13H,4,8-9,12H2,1-3H3. The highest BCUT2D eigenvalue weighted by Crippen LogP contribution is 2.42. The van der Waals surface area contributed by atoms with E-state index in [1.165, 1.54) is 0 Å². The second kappa shape index (κ2) is 6.71. The molecule has 1 heterocycles. The van der Waals surface area contributed by atoms with Crippen molar-refractivity contribution in [3.63, 3.8) is 0 Å². The van der Waals surface area contributed by atoms with Crippen LogP contribution in [0.2, 0.25) is 0 Å². The van der Waals surface area contributed by atoms with E-state index >= 15 is 0 Å². The molecular formula is C18H21N3O2. The highest BCUT2D eigenvalue weighted by molar-refractivity contribution is 5.80. The summed E-state index contributed by atoms with van der Waals surface area (Å²) in [6.07, 6.45) is 0.661. The zero-order chi connectivity index (χ0) is 17.0. The second-order valence-corrected chi connectivity index (χ2v) is 6.13. The Morgan fingerprint density at radius 1 is 1.35 bits per heavy atom. The van der Waals surface area contributed by atoms with Gasteiger partial charge in [0.05, 0.1) is 28.8 Å². The van der Waals surface area contributed by atoms with Crippen LogP contribution in [-0.4, -0.2) is 25.7 Å². The number of rotatable bonds is 4. The lowest BCUT2D eigenvalue weighted by atomic mass is 9.76. The van der Waals surface area contributed by atoms with Gasteiger partial charge in [0.15, 0.2) is 0 Å². The first-order valence-corrected chi connectivity index (χ1v) is 7.85. The van der Waals surface area contributed by atoms with Crippen molar-refractivity contribution in [3.05, 3.63) is 29.3 Å². The van der Waals surface area contributed by atoms with Gasteiger partial charge in [-0.15, -0.1) is 0 Å². The summed E-state index contributed by atoms with van der Waals surface area (Å²) in [7, 11) is 0. The Morgan fingerprint density at radius 2 is 1.96 bits per heavy atom. The summed E-state index contributed by atoms with van der Waals surface area (Å²) in [5, 5.41) is 18.7. The van der Waals surface area contributed by atoms with Gasteiger partial charge in [0, 0.05) is 13.1 Å². The van der Waals surface area contributed by atoms with E-state index in [4.69, 9.17) is 4.74 Å². The number of anilines is 1. The number of nitrogens with zero attached hydrogens (tertiary/aromatic N) is 3. The molecule has 0 saturated carbocycles. The number of hydrogen-bond acceptors (Lipinski definition) is 5. The predicted octanol–water partition coefficient (Wildman–Crippen LogP) is 2.85. The maximum absolute atomic E-state index is 12.5. The molecule has 2 rings (SSSR count). The maximum Gasteiger partial charge on any atom is 0.314 e. The van der Waals surface area contributed by atoms with E-state index in [0.717, 1.165) is 0 Å². The number of para-hydroxylation sites is 1. The normalized spacial score (nSPS) is 20.2. The van der Waals surface area contributed by atoms with Crippen LogP contribution in [-0.2, 0) is 9.53 Å². The van der Waals surface area contributed by atoms with Gasteiger partial charge >= 0.3 is 5.97 Å². The molecule has 5 nitrogen and oxygen atoms in total. The van der Waals surface area contributed by atoms with Crippen LogP contribution < -0.4 is 4.90 Å². The molecule has 1 atom stereocenters. The van der Waals surface area contributed by atoms with Crippen LogP contribution in [0.15, 0.2) is 18.2 Å². The van der Waals surface area contributed by atoms with Crippen molar-refractivity contribution >= 4 is 11.7 Å². The van der Waals surface area contributed by atoms with E-state index in [-0.39, 0.29) is 11.9 Å². The van der Waals surface area contributed by atoms with Crippen LogP contribution in [0.1, 0.15) is 38.3 Å². The van der Waals surface area contributed by atoms with Gasteiger partial charge in [-0.05, 0) is 31.4 Å². The zero-order valence-corrected chi connectivity index (χ0v) is 13.8. The molecule has 0 N–H and O–H groups in total. The Balaban J connectivity index is 2.42. The maximum atomic E-state index is 12.5. The molecule has 1 aliphatic heterocycles. The van der Waals surface area contributed by atoms with Crippen molar-refractivity contribution in [2.75, 3.05) is 24.6 Å². The van der Waals surface area contributed by atoms with Gasteiger partial charge in [-0.25, -0.2) is 0 Å². The van der Waals surface area contributed by atoms with Gasteiger partial charge in [-0.2, -0.15) is 10.5 Å². The number of carbonyl (C=O) groups excluding carboxylic acids is 1. The minimum atomic E-state index is -0.592. The Hall–Kier alpha value is -2.53. The lowest BCUT2D eigenvalue weighted by molar-refractivity contribution is -0.156. The van der Waals surface area contributed by atoms with Crippen LogP contribution in [0.3, 0.4) is 0 Å². The van der Waals surface area contributed by atoms with Crippen molar-refractivity contribution < 1.29 is 9.53 Å². The fourth-order valence-electron chi connectivity index (χ4n) is 3.24. The molecule has 0 radical (unpaired) electrons. The third-order valence-corrected chi connectivity index (χ3v) is 4.68. The van der Waals surface area contributed by atoms with E-state index in [9.17, 15) is 15.3 Å². The van der Waals surface area contributed by atoms with E-state index in [1.54, 1.807) is 25.1 Å². The van der Waals surface area contributed by atoms with Gasteiger partial charge in [0.2, 0.25) is 0 Å². The monoisotopic (exact) mass is 311 g/mol. The molecule has 120 valence electrons. The number of nitriles is 2. The Labute approximate surface area is 137 Å². The molecule has 5 heteroatoms. The average molecular weight is 311 g/mol. The molecule has 1 fully saturated rings. The zero-order valence-electron chi connectivity index (χ0n) is 13.8. The molecule has 1 aromatic rings. The molecule has 1 aromatic carbocycles. The van der Waals surface area contributed by atoms with E-state index < -0.39 is 5.41 Å². The van der Waals surface area contributed by atoms with E-state index in [1.807, 2.05) is 18.7 Å². The molecule has 0 aliphatic carbocycles. The number of esters is 1. The van der Waals surface area contributed by atoms with Crippen LogP contribution >= 0.6 is 0 Å². The van der Waals surface area contributed by atoms with Crippen LogP contribution in [0.5, 0.6) is 0 Å². The van der Waals surface area contributed by atoms with Crippen LogP contribution in [0.25, 0.3) is 0 Å². The molecule has 0 spiro atoms. The summed E-state index contributed by atoms with van der Waals surface area (Å²) in [6.45, 7) is 7.29. The summed E-state index contributed by atoms with van der Waals surface area (Å²) < 4.78 is 5.29. The highest BCUT2D eigenvalue weighted by atomic mass is 16.5. The summed E-state index contributed by atoms with van der Waals surface area (Å²) in [6, 6.07) is 9.41. The molecule has 1 unspecified atom stereocenters. The minimum absolute atomic E-state index is 0.117. The lowest BCUT2D eigenvalue weighted by Crippen LogP contribution is -2.41. The summed E-state index contributed by atoms with van der Waals surface area (Å²) in [4.78, 5) is 14.5. The first-order chi connectivity index (χ1) is 11.0. The van der Waals surface area contributed by atoms with Gasteiger partial charge in [0.25, 0.3) is 0 Å². The quantitative estimate of drug-likeness (QED) is 0.799. The van der Waals surface area contributed by atoms with Crippen molar-refractivity contribution in [3.8, 4) is 12.1 Å². The summed E-state index contributed by atoms with van der Waals surface area (Å²) >= 11 is 0. The van der Waals surface area contributed by atoms with Crippen molar-refractivity contribution in [1.82, 2.24) is 0 Å². The average Bonchev–Trinajstić information content (AvgIpc) is 3.00. The fraction of sp³-hybridized carbons (Fsp3) is 0.500. The smallest absolute Gasteiger partial charge is 0.314 e. The van der Waals surface area contributed by atoms with Crippen molar-refractivity contribution in [1.29, 1.82) is 10.5 Å². The largest absolute Gasteiger partial charge is 0.466 e. The minimum Gasteiger partial charge on any atom is -0.466 e. The van der Waals surface area contributed by atoms with Gasteiger partial charge in [0.1, 0.15) is 12.1 Å². The van der Waals surface area contributed by atoms with Gasteiger partial charge in [-0.1, -0.05) is 19.9 Å². The SMILES string of the molecule is CCOC(=O)C1(C(C)C)CCN(c2c(C#N)cccc2C#N)C1. The van der Waals surface area contributed by atoms with Crippen molar-refractivity contribution in [2.24, 2.45) is 11.3 Å². The molecular weight excluding hydrogens is 290 g/mol. The summed E-state index contributed by atoms with van der Waals surface area (Å²) in [5.74, 6) is -0.0724.